The van der Waals surface area contributed by atoms with Gasteiger partial charge in [-0.1, -0.05) is 6.92 Å². The van der Waals surface area contributed by atoms with E-state index in [0.717, 1.165) is 0 Å². The SMILES string of the molecule is CCC(CCN)NC(=O)c1cc(F)c(F)c(O)c1F. The summed E-state index contributed by atoms with van der Waals surface area (Å²) in [6.07, 6.45) is 1.03. The van der Waals surface area contributed by atoms with E-state index in [9.17, 15) is 18.0 Å². The van der Waals surface area contributed by atoms with E-state index in [1.807, 2.05) is 0 Å². The summed E-state index contributed by atoms with van der Waals surface area (Å²) in [5.74, 6) is -7.12. The van der Waals surface area contributed by atoms with E-state index in [1.54, 1.807) is 6.92 Å². The largest absolute Gasteiger partial charge is 0.503 e. The van der Waals surface area contributed by atoms with Gasteiger partial charge in [-0.2, -0.15) is 4.39 Å². The lowest BCUT2D eigenvalue weighted by Gasteiger charge is -2.16. The highest BCUT2D eigenvalue weighted by Gasteiger charge is 2.23. The van der Waals surface area contributed by atoms with E-state index in [1.165, 1.54) is 0 Å². The van der Waals surface area contributed by atoms with Crippen molar-refractivity contribution in [3.8, 4) is 5.75 Å². The number of benzene rings is 1. The number of phenolic OH excluding ortho intramolecular Hbond substituents is 1. The maximum atomic E-state index is 13.5. The lowest BCUT2D eigenvalue weighted by Crippen LogP contribution is -2.36. The maximum Gasteiger partial charge on any atom is 0.254 e. The number of rotatable bonds is 5. The topological polar surface area (TPSA) is 75.3 Å². The van der Waals surface area contributed by atoms with Crippen LogP contribution in [0.15, 0.2) is 6.07 Å². The number of halogens is 3. The minimum Gasteiger partial charge on any atom is -0.503 e. The number of nitrogens with one attached hydrogen (secondary N) is 1. The van der Waals surface area contributed by atoms with Gasteiger partial charge in [0.05, 0.1) is 5.56 Å². The highest BCUT2D eigenvalue weighted by atomic mass is 19.2. The summed E-state index contributed by atoms with van der Waals surface area (Å²) in [6.45, 7) is 2.12. The van der Waals surface area contributed by atoms with Gasteiger partial charge >= 0.3 is 0 Å². The first-order chi connectivity index (χ1) is 8.92. The molecule has 1 rings (SSSR count). The van der Waals surface area contributed by atoms with E-state index in [2.05, 4.69) is 5.32 Å². The fraction of sp³-hybridized carbons (Fsp3) is 0.417. The van der Waals surface area contributed by atoms with Crippen LogP contribution in [0.25, 0.3) is 0 Å². The molecular weight excluding hydrogens is 261 g/mol. The standard InChI is InChI=1S/C12H15F3N2O2/c1-2-6(3-4-16)17-12(19)7-5-8(13)10(15)11(18)9(7)14/h5-6,18H,2-4,16H2,1H3,(H,17,19). The van der Waals surface area contributed by atoms with Crippen molar-refractivity contribution >= 4 is 5.91 Å². The average Bonchev–Trinajstić information content (AvgIpc) is 2.39. The third-order valence-electron chi connectivity index (χ3n) is 2.72. The Morgan fingerprint density at radius 1 is 1.42 bits per heavy atom. The highest BCUT2D eigenvalue weighted by Crippen LogP contribution is 2.25. The van der Waals surface area contributed by atoms with E-state index in [-0.39, 0.29) is 6.04 Å². The summed E-state index contributed by atoms with van der Waals surface area (Å²) in [5.41, 5.74) is 4.60. The van der Waals surface area contributed by atoms with Gasteiger partial charge in [0.15, 0.2) is 17.4 Å². The van der Waals surface area contributed by atoms with Gasteiger partial charge in [-0.05, 0) is 25.5 Å². The fourth-order valence-corrected chi connectivity index (χ4v) is 1.60. The summed E-state index contributed by atoms with van der Waals surface area (Å²) in [6, 6.07) is 0.113. The molecule has 0 saturated heterocycles. The molecule has 1 amide bonds. The first-order valence-electron chi connectivity index (χ1n) is 5.79. The minimum atomic E-state index is -1.72. The van der Waals surface area contributed by atoms with Crippen molar-refractivity contribution in [2.45, 2.75) is 25.8 Å². The van der Waals surface area contributed by atoms with Crippen LogP contribution in [0.1, 0.15) is 30.1 Å². The van der Waals surface area contributed by atoms with E-state index >= 15 is 0 Å². The Morgan fingerprint density at radius 3 is 2.58 bits per heavy atom. The van der Waals surface area contributed by atoms with Crippen LogP contribution in [0.4, 0.5) is 13.2 Å². The van der Waals surface area contributed by atoms with Crippen molar-refractivity contribution in [1.82, 2.24) is 5.32 Å². The summed E-state index contributed by atoms with van der Waals surface area (Å²) < 4.78 is 39.4. The number of carbonyl (C=O) groups excluding carboxylic acids is 1. The molecule has 0 aliphatic carbocycles. The van der Waals surface area contributed by atoms with Crippen molar-refractivity contribution in [2.24, 2.45) is 5.73 Å². The molecule has 0 saturated carbocycles. The molecule has 4 N–H and O–H groups in total. The lowest BCUT2D eigenvalue weighted by atomic mass is 10.1. The molecule has 0 spiro atoms. The van der Waals surface area contributed by atoms with Gasteiger partial charge < -0.3 is 16.2 Å². The van der Waals surface area contributed by atoms with Crippen molar-refractivity contribution in [1.29, 1.82) is 0 Å². The van der Waals surface area contributed by atoms with Gasteiger partial charge in [0.1, 0.15) is 0 Å². The van der Waals surface area contributed by atoms with Crippen molar-refractivity contribution in [2.75, 3.05) is 6.54 Å². The lowest BCUT2D eigenvalue weighted by molar-refractivity contribution is 0.0928. The number of hydrogen-bond donors (Lipinski definition) is 3. The van der Waals surface area contributed by atoms with E-state index in [0.29, 0.717) is 25.5 Å². The molecule has 106 valence electrons. The van der Waals surface area contributed by atoms with Gasteiger partial charge in [0.2, 0.25) is 5.82 Å². The molecule has 7 heteroatoms. The quantitative estimate of drug-likeness (QED) is 0.716. The smallest absolute Gasteiger partial charge is 0.254 e. The maximum absolute atomic E-state index is 13.5. The molecule has 0 fully saturated rings. The molecular formula is C12H15F3N2O2. The first kappa shape index (κ1) is 15.3. The number of carbonyl (C=O) groups is 1. The van der Waals surface area contributed by atoms with Gasteiger partial charge in [-0.15, -0.1) is 0 Å². The molecule has 4 nitrogen and oxygen atoms in total. The molecule has 0 aliphatic heterocycles. The normalized spacial score (nSPS) is 12.3. The van der Waals surface area contributed by atoms with Crippen LogP contribution in [0.5, 0.6) is 5.75 Å². The van der Waals surface area contributed by atoms with Gasteiger partial charge in [-0.3, -0.25) is 4.79 Å². The zero-order valence-corrected chi connectivity index (χ0v) is 10.3. The van der Waals surface area contributed by atoms with Crippen molar-refractivity contribution < 1.29 is 23.1 Å². The number of phenols is 1. The second-order valence-corrected chi connectivity index (χ2v) is 4.04. The third kappa shape index (κ3) is 3.37. The number of aromatic hydroxyl groups is 1. The van der Waals surface area contributed by atoms with E-state index in [4.69, 9.17) is 10.8 Å². The van der Waals surface area contributed by atoms with Crippen molar-refractivity contribution in [3.05, 3.63) is 29.1 Å². The predicted molar refractivity (Wildman–Crippen MR) is 63.2 cm³/mol. The molecule has 1 unspecified atom stereocenters. The zero-order valence-electron chi connectivity index (χ0n) is 10.3. The highest BCUT2D eigenvalue weighted by molar-refractivity contribution is 5.95. The molecule has 0 bridgehead atoms. The van der Waals surface area contributed by atoms with Crippen LogP contribution in [0.3, 0.4) is 0 Å². The van der Waals surface area contributed by atoms with Crippen LogP contribution in [0.2, 0.25) is 0 Å². The molecule has 0 radical (unpaired) electrons. The molecule has 1 atom stereocenters. The second kappa shape index (κ2) is 6.42. The molecule has 0 heterocycles. The Morgan fingerprint density at radius 2 is 2.05 bits per heavy atom. The summed E-state index contributed by atoms with van der Waals surface area (Å²) in [7, 11) is 0. The van der Waals surface area contributed by atoms with Crippen LogP contribution in [-0.4, -0.2) is 23.6 Å². The van der Waals surface area contributed by atoms with E-state index < -0.39 is 34.7 Å². The average molecular weight is 276 g/mol. The molecule has 0 aliphatic rings. The number of nitrogens with two attached hydrogens (primary N) is 1. The zero-order chi connectivity index (χ0) is 14.6. The van der Waals surface area contributed by atoms with Crippen LogP contribution in [0, 0.1) is 17.5 Å². The Balaban J connectivity index is 3.00. The van der Waals surface area contributed by atoms with Gasteiger partial charge in [0, 0.05) is 6.04 Å². The third-order valence-corrected chi connectivity index (χ3v) is 2.72. The Labute approximate surface area is 108 Å². The molecule has 0 aromatic heterocycles. The fourth-order valence-electron chi connectivity index (χ4n) is 1.60. The second-order valence-electron chi connectivity index (χ2n) is 4.04. The first-order valence-corrected chi connectivity index (χ1v) is 5.79. The molecule has 1 aromatic rings. The Bertz CT molecular complexity index is 481. The molecule has 19 heavy (non-hydrogen) atoms. The van der Waals surface area contributed by atoms with Gasteiger partial charge in [0.25, 0.3) is 5.91 Å². The Kier molecular flexibility index (Phi) is 5.17. The Hall–Kier alpha value is -1.76. The molecule has 1 aromatic carbocycles. The summed E-state index contributed by atoms with van der Waals surface area (Å²) in [5, 5.41) is 11.5. The van der Waals surface area contributed by atoms with Crippen LogP contribution >= 0.6 is 0 Å². The van der Waals surface area contributed by atoms with Crippen LogP contribution in [-0.2, 0) is 0 Å². The van der Waals surface area contributed by atoms with Crippen LogP contribution < -0.4 is 11.1 Å². The van der Waals surface area contributed by atoms with Gasteiger partial charge in [-0.25, -0.2) is 8.78 Å². The predicted octanol–water partition coefficient (Wildman–Crippen LogP) is 1.67. The van der Waals surface area contributed by atoms with Crippen molar-refractivity contribution in [3.63, 3.8) is 0 Å². The number of amides is 1. The summed E-state index contributed by atoms with van der Waals surface area (Å²) in [4.78, 5) is 11.7. The minimum absolute atomic E-state index is 0.299. The monoisotopic (exact) mass is 276 g/mol. The number of hydrogen-bond acceptors (Lipinski definition) is 3. The summed E-state index contributed by atoms with van der Waals surface area (Å²) >= 11 is 0.